The van der Waals surface area contributed by atoms with Crippen LogP contribution < -0.4 is 16.0 Å². The largest absolute Gasteiger partial charge is 0.347 e. The van der Waals surface area contributed by atoms with E-state index in [0.717, 1.165) is 21.2 Å². The Kier molecular flexibility index (Phi) is 7.73. The molecule has 3 aromatic carbocycles. The van der Waals surface area contributed by atoms with Crippen LogP contribution in [0.5, 0.6) is 0 Å². The van der Waals surface area contributed by atoms with E-state index in [1.54, 1.807) is 0 Å². The van der Waals surface area contributed by atoms with Crippen LogP contribution in [-0.4, -0.2) is 22.5 Å². The van der Waals surface area contributed by atoms with Gasteiger partial charge in [-0.1, -0.05) is 84.4 Å². The van der Waals surface area contributed by atoms with Crippen molar-refractivity contribution in [2.45, 2.75) is 32.2 Å². The van der Waals surface area contributed by atoms with Gasteiger partial charge in [-0.05, 0) is 50.2 Å². The molecular formula is C28H26ClN3O2S2. The smallest absolute Gasteiger partial charge is 0.263 e. The molecule has 0 saturated heterocycles. The second-order valence-electron chi connectivity index (χ2n) is 9.33. The number of benzene rings is 3. The highest BCUT2D eigenvalue weighted by Gasteiger charge is 2.25. The predicted octanol–water partition coefficient (Wildman–Crippen LogP) is 6.73. The molecule has 0 aliphatic rings. The van der Waals surface area contributed by atoms with Crippen molar-refractivity contribution in [2.75, 3.05) is 5.32 Å². The van der Waals surface area contributed by atoms with Crippen LogP contribution in [0.4, 0.5) is 5.69 Å². The highest BCUT2D eigenvalue weighted by atomic mass is 35.5. The molecule has 184 valence electrons. The molecule has 4 aromatic rings. The van der Waals surface area contributed by atoms with Crippen molar-refractivity contribution >= 4 is 67.9 Å². The van der Waals surface area contributed by atoms with E-state index in [4.69, 9.17) is 23.8 Å². The third-order valence-corrected chi connectivity index (χ3v) is 7.31. The summed E-state index contributed by atoms with van der Waals surface area (Å²) in [6.45, 7) is 5.75. The van der Waals surface area contributed by atoms with Gasteiger partial charge in [-0.2, -0.15) is 0 Å². The molecule has 8 heteroatoms. The lowest BCUT2D eigenvalue weighted by Gasteiger charge is -2.19. The number of carbonyl (C=O) groups is 2. The third kappa shape index (κ3) is 5.93. The Morgan fingerprint density at radius 1 is 0.889 bits per heavy atom. The van der Waals surface area contributed by atoms with Gasteiger partial charge in [0.1, 0.15) is 4.88 Å². The van der Waals surface area contributed by atoms with Gasteiger partial charge < -0.3 is 16.0 Å². The summed E-state index contributed by atoms with van der Waals surface area (Å²) in [6.07, 6.45) is 0. The zero-order chi connectivity index (χ0) is 25.9. The van der Waals surface area contributed by atoms with Gasteiger partial charge in [0.25, 0.3) is 5.91 Å². The number of thiophene rings is 1. The Bertz CT molecular complexity index is 1370. The first-order valence-corrected chi connectivity index (χ1v) is 13.0. The predicted molar refractivity (Wildman–Crippen MR) is 153 cm³/mol. The summed E-state index contributed by atoms with van der Waals surface area (Å²) >= 11 is 13.4. The normalized spacial score (nSPS) is 11.4. The molecule has 3 N–H and O–H groups in total. The molecule has 36 heavy (non-hydrogen) atoms. The lowest BCUT2D eigenvalue weighted by atomic mass is 9.90. The Labute approximate surface area is 224 Å². The van der Waals surface area contributed by atoms with Gasteiger partial charge in [0.15, 0.2) is 5.11 Å². The number of anilines is 1. The molecule has 1 aromatic heterocycles. The molecule has 0 radical (unpaired) electrons. The van der Waals surface area contributed by atoms with Crippen molar-refractivity contribution in [3.8, 4) is 0 Å². The number of rotatable bonds is 5. The molecule has 0 aliphatic carbocycles. The summed E-state index contributed by atoms with van der Waals surface area (Å²) in [5, 5.41) is 10.2. The van der Waals surface area contributed by atoms with Gasteiger partial charge in [-0.15, -0.1) is 11.3 Å². The van der Waals surface area contributed by atoms with Crippen molar-refractivity contribution in [2.24, 2.45) is 0 Å². The van der Waals surface area contributed by atoms with E-state index in [1.807, 2.05) is 99.6 Å². The van der Waals surface area contributed by atoms with E-state index in [9.17, 15) is 9.59 Å². The van der Waals surface area contributed by atoms with Gasteiger partial charge in [0, 0.05) is 10.9 Å². The maximum Gasteiger partial charge on any atom is 0.263 e. The van der Waals surface area contributed by atoms with Gasteiger partial charge >= 0.3 is 0 Å². The second-order valence-corrected chi connectivity index (χ2v) is 11.1. The first-order chi connectivity index (χ1) is 17.1. The van der Waals surface area contributed by atoms with Gasteiger partial charge in [0.2, 0.25) is 5.91 Å². The summed E-state index contributed by atoms with van der Waals surface area (Å²) in [6, 6.07) is 24.7. The quantitative estimate of drug-likeness (QED) is 0.248. The topological polar surface area (TPSA) is 70.2 Å². The summed E-state index contributed by atoms with van der Waals surface area (Å²) in [5.74, 6) is -0.998. The van der Waals surface area contributed by atoms with Gasteiger partial charge in [0.05, 0.1) is 21.3 Å². The molecule has 0 fully saturated rings. The monoisotopic (exact) mass is 535 g/mol. The van der Waals surface area contributed by atoms with Crippen molar-refractivity contribution in [3.63, 3.8) is 0 Å². The van der Waals surface area contributed by atoms with Crippen molar-refractivity contribution in [3.05, 3.63) is 99.9 Å². The Morgan fingerprint density at radius 3 is 2.03 bits per heavy atom. The molecule has 5 nitrogen and oxygen atoms in total. The number of hydrogen-bond donors (Lipinski definition) is 3. The highest BCUT2D eigenvalue weighted by molar-refractivity contribution is 7.80. The number of fused-ring (bicyclic) bond motifs is 1. The number of amides is 2. The fourth-order valence-electron chi connectivity index (χ4n) is 3.85. The molecule has 1 heterocycles. The Morgan fingerprint density at radius 2 is 1.47 bits per heavy atom. The van der Waals surface area contributed by atoms with Gasteiger partial charge in [-0.3, -0.25) is 9.59 Å². The van der Waals surface area contributed by atoms with E-state index < -0.39 is 11.5 Å². The first kappa shape index (κ1) is 25.8. The minimum atomic E-state index is -0.521. The van der Waals surface area contributed by atoms with Crippen LogP contribution in [0.25, 0.3) is 10.1 Å². The van der Waals surface area contributed by atoms with Gasteiger partial charge in [-0.25, -0.2) is 0 Å². The number of thiocarbonyl (C=S) groups is 1. The summed E-state index contributed by atoms with van der Waals surface area (Å²) in [5.41, 5.74) is 2.00. The third-order valence-electron chi connectivity index (χ3n) is 5.36. The van der Waals surface area contributed by atoms with E-state index in [0.29, 0.717) is 15.6 Å². The summed E-state index contributed by atoms with van der Waals surface area (Å²) < 4.78 is 0.779. The molecule has 4 rings (SSSR count). The molecule has 2 amide bonds. The minimum Gasteiger partial charge on any atom is -0.347 e. The average Bonchev–Trinajstić information content (AvgIpc) is 3.17. The second kappa shape index (κ2) is 10.8. The standard InChI is InChI=1S/C28H26ClN3O2S2/c1-28(2,3)32-26(34)24-22(29)19-15-10-16-20(23(19)36-24)30-27(35)31-25(33)21(17-11-6-4-7-12-17)18-13-8-5-9-14-18/h4-16,21H,1-3H3,(H,32,34)(H2,30,31,33,35). The molecule has 0 aliphatic heterocycles. The van der Waals surface area contributed by atoms with Crippen molar-refractivity contribution < 1.29 is 9.59 Å². The number of carbonyl (C=O) groups excluding carboxylic acids is 2. The SMILES string of the molecule is CC(C)(C)NC(=O)c1sc2c(NC(=S)NC(=O)C(c3ccccc3)c3ccccc3)cccc2c1Cl. The molecular weight excluding hydrogens is 510 g/mol. The zero-order valence-electron chi connectivity index (χ0n) is 20.1. The lowest BCUT2D eigenvalue weighted by molar-refractivity contribution is -0.120. The zero-order valence-corrected chi connectivity index (χ0v) is 22.5. The van der Waals surface area contributed by atoms with Crippen LogP contribution >= 0.6 is 35.2 Å². The maximum atomic E-state index is 13.4. The van der Waals surface area contributed by atoms with Crippen LogP contribution in [0.3, 0.4) is 0 Å². The summed E-state index contributed by atoms with van der Waals surface area (Å²) in [7, 11) is 0. The first-order valence-electron chi connectivity index (χ1n) is 11.4. The maximum absolute atomic E-state index is 13.4. The number of nitrogens with one attached hydrogen (secondary N) is 3. The van der Waals surface area contributed by atoms with Crippen LogP contribution in [0, 0.1) is 0 Å². The molecule has 0 bridgehead atoms. The van der Waals surface area contributed by atoms with E-state index in [2.05, 4.69) is 16.0 Å². The van der Waals surface area contributed by atoms with E-state index in [-0.39, 0.29) is 16.9 Å². The molecule has 0 atom stereocenters. The molecule has 0 unspecified atom stereocenters. The van der Waals surface area contributed by atoms with Crippen LogP contribution in [0.2, 0.25) is 5.02 Å². The highest BCUT2D eigenvalue weighted by Crippen LogP contribution is 2.39. The summed E-state index contributed by atoms with van der Waals surface area (Å²) in [4.78, 5) is 26.6. The number of halogens is 1. The van der Waals surface area contributed by atoms with Crippen LogP contribution in [0.15, 0.2) is 78.9 Å². The molecule has 0 spiro atoms. The minimum absolute atomic E-state index is 0.162. The lowest BCUT2D eigenvalue weighted by Crippen LogP contribution is -2.40. The fourth-order valence-corrected chi connectivity index (χ4v) is 5.54. The number of hydrogen-bond acceptors (Lipinski definition) is 4. The Hall–Kier alpha value is -3.26. The Balaban J connectivity index is 1.57. The fraction of sp³-hybridized carbons (Fsp3) is 0.179. The average molecular weight is 536 g/mol. The van der Waals surface area contributed by atoms with Crippen molar-refractivity contribution in [1.82, 2.24) is 10.6 Å². The van der Waals surface area contributed by atoms with E-state index in [1.165, 1.54) is 11.3 Å². The van der Waals surface area contributed by atoms with Crippen LogP contribution in [0.1, 0.15) is 47.5 Å². The van der Waals surface area contributed by atoms with Crippen LogP contribution in [-0.2, 0) is 4.79 Å². The van der Waals surface area contributed by atoms with Crippen molar-refractivity contribution in [1.29, 1.82) is 0 Å². The molecule has 0 saturated carbocycles. The van der Waals surface area contributed by atoms with E-state index >= 15 is 0 Å².